The Morgan fingerprint density at radius 3 is 2.50 bits per heavy atom. The molecule has 1 fully saturated rings. The summed E-state index contributed by atoms with van der Waals surface area (Å²) >= 11 is 1.16. The molecule has 18 heteroatoms. The summed E-state index contributed by atoms with van der Waals surface area (Å²) in [5.74, 6) is -0.0470. The maximum Gasteiger partial charge on any atom is 0.573 e. The lowest BCUT2D eigenvalue weighted by Crippen LogP contribution is -2.35. The van der Waals surface area contributed by atoms with Gasteiger partial charge in [-0.3, -0.25) is 4.18 Å². The summed E-state index contributed by atoms with van der Waals surface area (Å²) in [7, 11) is -4.32. The van der Waals surface area contributed by atoms with E-state index in [2.05, 4.69) is 24.0 Å². The molecule has 2 aromatic heterocycles. The number of nitrogens with zero attached hydrogens (tertiary/aromatic N) is 4. The Hall–Kier alpha value is -2.74. The van der Waals surface area contributed by atoms with E-state index >= 15 is 0 Å². The minimum Gasteiger partial charge on any atom is -0.406 e. The van der Waals surface area contributed by atoms with Crippen molar-refractivity contribution in [2.45, 2.75) is 41.7 Å². The van der Waals surface area contributed by atoms with Crippen molar-refractivity contribution in [1.29, 1.82) is 0 Å². The van der Waals surface area contributed by atoms with Gasteiger partial charge in [-0.2, -0.15) is 13.5 Å². The SMILES string of the molecule is Nc1ncnc2c1c(SCc1ccc(OC(F)(F)F)cc1)nn2[C@@H]1O[C@H](COS(N)(=O)=O)[C@@H](O)[C@H]1O. The van der Waals surface area contributed by atoms with Gasteiger partial charge in [0.05, 0.1) is 12.0 Å². The van der Waals surface area contributed by atoms with Crippen molar-refractivity contribution >= 4 is 38.9 Å². The fourth-order valence-corrected chi connectivity index (χ4v) is 4.72. The summed E-state index contributed by atoms with van der Waals surface area (Å²) in [6, 6.07) is 5.24. The number of hydrogen-bond acceptors (Lipinski definition) is 12. The second-order valence-corrected chi connectivity index (χ2v) is 9.70. The monoisotopic (exact) mass is 552 g/mol. The first kappa shape index (κ1) is 26.3. The van der Waals surface area contributed by atoms with Gasteiger partial charge in [0.1, 0.15) is 41.2 Å². The highest BCUT2D eigenvalue weighted by atomic mass is 32.2. The lowest BCUT2D eigenvalue weighted by molar-refractivity contribution is -0.274. The predicted molar refractivity (Wildman–Crippen MR) is 117 cm³/mol. The Balaban J connectivity index is 1.56. The zero-order chi connectivity index (χ0) is 26.3. The molecule has 1 saturated heterocycles. The number of hydrogen-bond donors (Lipinski definition) is 4. The van der Waals surface area contributed by atoms with Crippen molar-refractivity contribution in [3.63, 3.8) is 0 Å². The number of alkyl halides is 3. The van der Waals surface area contributed by atoms with Crippen LogP contribution < -0.4 is 15.6 Å². The van der Waals surface area contributed by atoms with Crippen molar-refractivity contribution in [1.82, 2.24) is 19.7 Å². The van der Waals surface area contributed by atoms with Crippen LogP contribution in [0.2, 0.25) is 0 Å². The van der Waals surface area contributed by atoms with Gasteiger partial charge in [0, 0.05) is 5.75 Å². The van der Waals surface area contributed by atoms with E-state index < -0.39 is 47.8 Å². The molecule has 1 aromatic carbocycles. The van der Waals surface area contributed by atoms with Gasteiger partial charge in [0.25, 0.3) is 0 Å². The van der Waals surface area contributed by atoms with E-state index in [-0.39, 0.29) is 23.0 Å². The third kappa shape index (κ3) is 5.97. The van der Waals surface area contributed by atoms with E-state index in [0.29, 0.717) is 16.0 Å². The first-order valence-electron chi connectivity index (χ1n) is 9.97. The maximum absolute atomic E-state index is 12.4. The standard InChI is InChI=1S/C18H19F3N6O7S2/c19-18(20,21)34-9-3-1-8(2-4-9)6-35-16-11-14(22)24-7-25-15(11)27(26-16)17-13(29)12(28)10(33-17)5-32-36(23,30)31/h1-4,7,10,12-13,17,28-29H,5-6H2,(H2,22,24,25)(H2,23,30,31)/t10-,12-,13-,17-/m1/s1. The number of nitrogen functional groups attached to an aromatic ring is 1. The molecule has 36 heavy (non-hydrogen) atoms. The van der Waals surface area contributed by atoms with E-state index in [1.165, 1.54) is 28.9 Å². The summed E-state index contributed by atoms with van der Waals surface area (Å²) in [5.41, 5.74) is 6.80. The normalized spacial score (nSPS) is 22.8. The number of ether oxygens (including phenoxy) is 2. The number of aliphatic hydroxyl groups excluding tert-OH is 2. The molecule has 0 amide bonds. The second kappa shape index (κ2) is 9.96. The van der Waals surface area contributed by atoms with Crippen LogP contribution in [0, 0.1) is 0 Å². The predicted octanol–water partition coefficient (Wildman–Crippen LogP) is 0.439. The van der Waals surface area contributed by atoms with E-state index in [1.807, 2.05) is 0 Å². The molecule has 0 radical (unpaired) electrons. The van der Waals surface area contributed by atoms with Crippen LogP contribution in [0.15, 0.2) is 35.6 Å². The number of halogens is 3. The number of thioether (sulfide) groups is 1. The largest absolute Gasteiger partial charge is 0.573 e. The van der Waals surface area contributed by atoms with Gasteiger partial charge in [-0.25, -0.2) is 19.8 Å². The summed E-state index contributed by atoms with van der Waals surface area (Å²) in [6.45, 7) is -0.653. The molecule has 1 aliphatic heterocycles. The summed E-state index contributed by atoms with van der Waals surface area (Å²) in [4.78, 5) is 8.07. The van der Waals surface area contributed by atoms with Gasteiger partial charge in [-0.05, 0) is 17.7 Å². The van der Waals surface area contributed by atoms with Crippen LogP contribution in [0.4, 0.5) is 19.0 Å². The van der Waals surface area contributed by atoms with Crippen LogP contribution in [0.25, 0.3) is 11.0 Å². The summed E-state index contributed by atoms with van der Waals surface area (Å²) in [6.07, 6.45) is -9.28. The number of fused-ring (bicyclic) bond motifs is 1. The molecular formula is C18H19F3N6O7S2. The number of anilines is 1. The van der Waals surface area contributed by atoms with Crippen LogP contribution in [0.5, 0.6) is 5.75 Å². The second-order valence-electron chi connectivity index (χ2n) is 7.51. The van der Waals surface area contributed by atoms with Crippen LogP contribution in [-0.4, -0.2) is 69.7 Å². The molecule has 3 aromatic rings. The average Bonchev–Trinajstić information content (AvgIpc) is 3.29. The molecule has 3 heterocycles. The molecule has 6 N–H and O–H groups in total. The Labute approximate surface area is 205 Å². The number of aliphatic hydroxyl groups is 2. The summed E-state index contributed by atoms with van der Waals surface area (Å²) < 4.78 is 74.2. The highest BCUT2D eigenvalue weighted by molar-refractivity contribution is 7.98. The van der Waals surface area contributed by atoms with Crippen LogP contribution in [0.3, 0.4) is 0 Å². The van der Waals surface area contributed by atoms with E-state index in [4.69, 9.17) is 15.6 Å². The van der Waals surface area contributed by atoms with Crippen LogP contribution in [-0.2, 0) is 25.0 Å². The number of benzene rings is 1. The highest BCUT2D eigenvalue weighted by Gasteiger charge is 2.45. The number of rotatable bonds is 8. The maximum atomic E-state index is 12.4. The Morgan fingerprint density at radius 1 is 1.17 bits per heavy atom. The minimum atomic E-state index is -4.80. The molecule has 0 unspecified atom stereocenters. The summed E-state index contributed by atoms with van der Waals surface area (Å²) in [5, 5.41) is 30.6. The highest BCUT2D eigenvalue weighted by Crippen LogP contribution is 2.37. The fraction of sp³-hybridized carbons (Fsp3) is 0.389. The van der Waals surface area contributed by atoms with Crippen molar-refractivity contribution in [3.8, 4) is 5.75 Å². The third-order valence-electron chi connectivity index (χ3n) is 4.99. The van der Waals surface area contributed by atoms with Crippen molar-refractivity contribution in [2.24, 2.45) is 5.14 Å². The molecule has 13 nitrogen and oxygen atoms in total. The first-order chi connectivity index (χ1) is 16.8. The molecule has 0 bridgehead atoms. The van der Waals surface area contributed by atoms with Gasteiger partial charge < -0.3 is 25.4 Å². The van der Waals surface area contributed by atoms with E-state index in [0.717, 1.165) is 18.1 Å². The van der Waals surface area contributed by atoms with Crippen molar-refractivity contribution in [3.05, 3.63) is 36.2 Å². The Morgan fingerprint density at radius 2 is 1.86 bits per heavy atom. The zero-order valence-electron chi connectivity index (χ0n) is 17.9. The number of nitrogens with two attached hydrogens (primary N) is 2. The first-order valence-corrected chi connectivity index (χ1v) is 12.4. The fourth-order valence-electron chi connectivity index (χ4n) is 3.41. The molecule has 0 spiro atoms. The van der Waals surface area contributed by atoms with Crippen molar-refractivity contribution < 1.29 is 45.5 Å². The number of aromatic nitrogens is 4. The lowest BCUT2D eigenvalue weighted by Gasteiger charge is -2.15. The Bertz CT molecular complexity index is 1340. The third-order valence-corrected chi connectivity index (χ3v) is 6.49. The topological polar surface area (TPSA) is 198 Å². The van der Waals surface area contributed by atoms with E-state index in [9.17, 15) is 31.8 Å². The van der Waals surface area contributed by atoms with Gasteiger partial charge in [-0.15, -0.1) is 13.2 Å². The molecule has 1 aliphatic rings. The lowest BCUT2D eigenvalue weighted by atomic mass is 10.1. The molecule has 0 saturated carbocycles. The quantitative estimate of drug-likeness (QED) is 0.282. The smallest absolute Gasteiger partial charge is 0.406 e. The van der Waals surface area contributed by atoms with Gasteiger partial charge in [0.15, 0.2) is 11.9 Å². The molecule has 4 atom stereocenters. The minimum absolute atomic E-state index is 0.0600. The van der Waals surface area contributed by atoms with Crippen molar-refractivity contribution in [2.75, 3.05) is 12.3 Å². The molecule has 4 rings (SSSR count). The molecule has 196 valence electrons. The molecule has 0 aliphatic carbocycles. The van der Waals surface area contributed by atoms with Crippen LogP contribution >= 0.6 is 11.8 Å². The van der Waals surface area contributed by atoms with Gasteiger partial charge in [-0.1, -0.05) is 23.9 Å². The Kier molecular flexibility index (Phi) is 7.28. The average molecular weight is 553 g/mol. The zero-order valence-corrected chi connectivity index (χ0v) is 19.6. The van der Waals surface area contributed by atoms with Gasteiger partial charge >= 0.3 is 16.7 Å². The van der Waals surface area contributed by atoms with Gasteiger partial charge in [0.2, 0.25) is 0 Å². The van der Waals surface area contributed by atoms with E-state index in [1.54, 1.807) is 0 Å². The van der Waals surface area contributed by atoms with Crippen LogP contribution in [0.1, 0.15) is 11.8 Å². The molecular weight excluding hydrogens is 533 g/mol.